The SMILES string of the molecule is NCc1nc(C(=O)N2CCN(CC(=O)N3CCc4ccccc43)CC2)cs1. The van der Waals surface area contributed by atoms with Crippen LogP contribution >= 0.6 is 11.3 Å². The first kappa shape index (κ1) is 18.1. The highest BCUT2D eigenvalue weighted by atomic mass is 32.1. The summed E-state index contributed by atoms with van der Waals surface area (Å²) in [5.74, 6) is 0.0808. The Morgan fingerprint density at radius 3 is 2.63 bits per heavy atom. The Hall–Kier alpha value is -2.29. The number of hydrogen-bond donors (Lipinski definition) is 1. The van der Waals surface area contributed by atoms with Gasteiger partial charge in [-0.25, -0.2) is 4.98 Å². The van der Waals surface area contributed by atoms with Crippen LogP contribution in [0.1, 0.15) is 21.1 Å². The lowest BCUT2D eigenvalue weighted by Crippen LogP contribution is -2.51. The van der Waals surface area contributed by atoms with Gasteiger partial charge in [-0.05, 0) is 18.1 Å². The minimum atomic E-state index is -0.0506. The third-order valence-electron chi connectivity index (χ3n) is 5.15. The fraction of sp³-hybridized carbons (Fsp3) is 0.421. The van der Waals surface area contributed by atoms with Gasteiger partial charge in [0.05, 0.1) is 6.54 Å². The largest absolute Gasteiger partial charge is 0.335 e. The molecule has 0 radical (unpaired) electrons. The van der Waals surface area contributed by atoms with E-state index in [1.165, 1.54) is 16.9 Å². The first-order valence-corrected chi connectivity index (χ1v) is 10.1. The highest BCUT2D eigenvalue weighted by molar-refractivity contribution is 7.09. The normalized spacial score (nSPS) is 17.2. The van der Waals surface area contributed by atoms with Crippen molar-refractivity contribution in [1.29, 1.82) is 0 Å². The summed E-state index contributed by atoms with van der Waals surface area (Å²) in [5.41, 5.74) is 8.31. The first-order valence-electron chi connectivity index (χ1n) is 9.20. The fourth-order valence-electron chi connectivity index (χ4n) is 3.65. The Balaban J connectivity index is 1.31. The van der Waals surface area contributed by atoms with Crippen molar-refractivity contribution < 1.29 is 9.59 Å². The Bertz CT molecular complexity index is 844. The zero-order valence-electron chi connectivity index (χ0n) is 15.1. The van der Waals surface area contributed by atoms with E-state index in [0.717, 1.165) is 23.7 Å². The van der Waals surface area contributed by atoms with Crippen LogP contribution in [0.3, 0.4) is 0 Å². The van der Waals surface area contributed by atoms with Crippen molar-refractivity contribution in [2.45, 2.75) is 13.0 Å². The molecule has 1 fully saturated rings. The van der Waals surface area contributed by atoms with Crippen molar-refractivity contribution in [2.75, 3.05) is 44.2 Å². The van der Waals surface area contributed by atoms with Crippen LogP contribution in [0.15, 0.2) is 29.6 Å². The van der Waals surface area contributed by atoms with Gasteiger partial charge in [-0.2, -0.15) is 0 Å². The van der Waals surface area contributed by atoms with Crippen LogP contribution in [0, 0.1) is 0 Å². The van der Waals surface area contributed by atoms with Crippen LogP contribution in [-0.4, -0.2) is 65.9 Å². The molecule has 0 atom stereocenters. The predicted molar refractivity (Wildman–Crippen MR) is 105 cm³/mol. The number of para-hydroxylation sites is 1. The number of carbonyl (C=O) groups is 2. The maximum Gasteiger partial charge on any atom is 0.273 e. The molecule has 3 heterocycles. The number of nitrogens with zero attached hydrogens (tertiary/aromatic N) is 4. The van der Waals surface area contributed by atoms with E-state index in [9.17, 15) is 9.59 Å². The zero-order valence-corrected chi connectivity index (χ0v) is 16.0. The maximum atomic E-state index is 12.7. The van der Waals surface area contributed by atoms with Crippen LogP contribution in [0.2, 0.25) is 0 Å². The standard InChI is InChI=1S/C19H23N5O2S/c20-11-17-21-15(13-27-17)19(26)23-9-7-22(8-10-23)12-18(25)24-6-5-14-3-1-2-4-16(14)24/h1-4,13H,5-12,20H2. The van der Waals surface area contributed by atoms with Gasteiger partial charge < -0.3 is 15.5 Å². The number of hydrogen-bond acceptors (Lipinski definition) is 6. The molecular weight excluding hydrogens is 362 g/mol. The van der Waals surface area contributed by atoms with Gasteiger partial charge in [-0.15, -0.1) is 11.3 Å². The molecule has 1 aromatic carbocycles. The molecule has 27 heavy (non-hydrogen) atoms. The highest BCUT2D eigenvalue weighted by Crippen LogP contribution is 2.27. The second kappa shape index (κ2) is 7.75. The second-order valence-electron chi connectivity index (χ2n) is 6.82. The number of aromatic nitrogens is 1. The average molecular weight is 385 g/mol. The Morgan fingerprint density at radius 2 is 1.89 bits per heavy atom. The van der Waals surface area contributed by atoms with E-state index in [2.05, 4.69) is 16.0 Å². The third kappa shape index (κ3) is 3.73. The summed E-state index contributed by atoms with van der Waals surface area (Å²) in [6, 6.07) is 8.09. The van der Waals surface area contributed by atoms with Crippen molar-refractivity contribution in [3.63, 3.8) is 0 Å². The molecule has 4 rings (SSSR count). The molecule has 7 nitrogen and oxygen atoms in total. The van der Waals surface area contributed by atoms with Gasteiger partial charge in [0.1, 0.15) is 10.7 Å². The van der Waals surface area contributed by atoms with E-state index in [4.69, 9.17) is 5.73 Å². The van der Waals surface area contributed by atoms with Gasteiger partial charge in [0.2, 0.25) is 5.91 Å². The van der Waals surface area contributed by atoms with E-state index < -0.39 is 0 Å². The Kier molecular flexibility index (Phi) is 5.20. The summed E-state index contributed by atoms with van der Waals surface area (Å²) < 4.78 is 0. The zero-order chi connectivity index (χ0) is 18.8. The molecule has 0 spiro atoms. The number of rotatable bonds is 4. The molecule has 8 heteroatoms. The number of fused-ring (bicyclic) bond motifs is 1. The Morgan fingerprint density at radius 1 is 1.11 bits per heavy atom. The van der Waals surface area contributed by atoms with E-state index in [0.29, 0.717) is 45.0 Å². The van der Waals surface area contributed by atoms with Crippen molar-refractivity contribution >= 4 is 28.8 Å². The van der Waals surface area contributed by atoms with E-state index in [1.54, 1.807) is 5.38 Å². The number of thiazole rings is 1. The van der Waals surface area contributed by atoms with Crippen LogP contribution in [0.4, 0.5) is 5.69 Å². The van der Waals surface area contributed by atoms with E-state index in [-0.39, 0.29) is 11.8 Å². The number of benzene rings is 1. The number of nitrogens with two attached hydrogens (primary N) is 1. The number of piperazine rings is 1. The van der Waals surface area contributed by atoms with Gasteiger partial charge in [0, 0.05) is 50.3 Å². The van der Waals surface area contributed by atoms with Crippen LogP contribution in [0.5, 0.6) is 0 Å². The number of amides is 2. The van der Waals surface area contributed by atoms with Gasteiger partial charge in [0.25, 0.3) is 5.91 Å². The minimum Gasteiger partial charge on any atom is -0.335 e. The maximum absolute atomic E-state index is 12.7. The number of carbonyl (C=O) groups excluding carboxylic acids is 2. The molecular formula is C19H23N5O2S. The molecule has 2 N–H and O–H groups in total. The van der Waals surface area contributed by atoms with Gasteiger partial charge >= 0.3 is 0 Å². The lowest BCUT2D eigenvalue weighted by molar-refractivity contribution is -0.120. The van der Waals surface area contributed by atoms with Crippen LogP contribution in [0.25, 0.3) is 0 Å². The lowest BCUT2D eigenvalue weighted by atomic mass is 10.2. The minimum absolute atomic E-state index is 0.0506. The molecule has 0 unspecified atom stereocenters. The summed E-state index contributed by atoms with van der Waals surface area (Å²) in [6.07, 6.45) is 0.919. The van der Waals surface area contributed by atoms with Crippen molar-refractivity contribution in [3.05, 3.63) is 45.9 Å². The van der Waals surface area contributed by atoms with Crippen molar-refractivity contribution in [3.8, 4) is 0 Å². The first-order chi connectivity index (χ1) is 13.2. The Labute approximate surface area is 162 Å². The molecule has 0 bridgehead atoms. The molecule has 2 amide bonds. The number of anilines is 1. The van der Waals surface area contributed by atoms with Gasteiger partial charge in [0.15, 0.2) is 0 Å². The molecule has 2 aliphatic heterocycles. The van der Waals surface area contributed by atoms with Crippen LogP contribution < -0.4 is 10.6 Å². The fourth-order valence-corrected chi connectivity index (χ4v) is 4.30. The molecule has 1 aromatic heterocycles. The second-order valence-corrected chi connectivity index (χ2v) is 7.77. The predicted octanol–water partition coefficient (Wildman–Crippen LogP) is 0.949. The van der Waals surface area contributed by atoms with Crippen LogP contribution in [-0.2, 0) is 17.8 Å². The van der Waals surface area contributed by atoms with E-state index in [1.807, 2.05) is 28.0 Å². The summed E-state index contributed by atoms with van der Waals surface area (Å²) in [7, 11) is 0. The lowest BCUT2D eigenvalue weighted by Gasteiger charge is -2.34. The quantitative estimate of drug-likeness (QED) is 0.847. The molecule has 0 saturated carbocycles. The monoisotopic (exact) mass is 385 g/mol. The summed E-state index contributed by atoms with van der Waals surface area (Å²) in [5, 5.41) is 2.54. The van der Waals surface area contributed by atoms with Gasteiger partial charge in [-0.3, -0.25) is 14.5 Å². The van der Waals surface area contributed by atoms with E-state index >= 15 is 0 Å². The van der Waals surface area contributed by atoms with Gasteiger partial charge in [-0.1, -0.05) is 18.2 Å². The molecule has 1 saturated heterocycles. The highest BCUT2D eigenvalue weighted by Gasteiger charge is 2.28. The van der Waals surface area contributed by atoms with Crippen molar-refractivity contribution in [2.24, 2.45) is 5.73 Å². The van der Waals surface area contributed by atoms with Crippen molar-refractivity contribution in [1.82, 2.24) is 14.8 Å². The topological polar surface area (TPSA) is 82.8 Å². The summed E-state index contributed by atoms with van der Waals surface area (Å²) in [6.45, 7) is 4.11. The molecule has 2 aromatic rings. The molecule has 142 valence electrons. The molecule has 0 aliphatic carbocycles. The third-order valence-corrected chi connectivity index (χ3v) is 6.02. The summed E-state index contributed by atoms with van der Waals surface area (Å²) >= 11 is 1.42. The smallest absolute Gasteiger partial charge is 0.273 e. The average Bonchev–Trinajstić information content (AvgIpc) is 3.35. The molecule has 2 aliphatic rings. The summed E-state index contributed by atoms with van der Waals surface area (Å²) in [4.78, 5) is 35.4.